The van der Waals surface area contributed by atoms with E-state index in [4.69, 9.17) is 16.0 Å². The lowest BCUT2D eigenvalue weighted by molar-refractivity contribution is -0.117. The summed E-state index contributed by atoms with van der Waals surface area (Å²) in [4.78, 5) is 16.5. The number of nitrogens with zero attached hydrogens (tertiary/aromatic N) is 4. The standard InChI is InChI=1S/C21H21ClFN5O2/c22-18-4-2-1-3-17(18)21-26-25-20(30-21)14-28-11-9-27(10-12-28)13-19(29)24-16-7-5-15(23)6-8-16/h1-8H,9-14H2,(H,24,29). The molecule has 1 fully saturated rings. The number of carbonyl (C=O) groups excluding carboxylic acids is 1. The van der Waals surface area contributed by atoms with E-state index in [9.17, 15) is 9.18 Å². The molecule has 0 unspecified atom stereocenters. The first-order chi connectivity index (χ1) is 14.6. The van der Waals surface area contributed by atoms with Gasteiger partial charge in [0.25, 0.3) is 0 Å². The van der Waals surface area contributed by atoms with E-state index in [-0.39, 0.29) is 11.7 Å². The van der Waals surface area contributed by atoms with Crippen molar-refractivity contribution in [1.29, 1.82) is 0 Å². The second kappa shape index (κ2) is 9.34. The van der Waals surface area contributed by atoms with Crippen molar-refractivity contribution in [2.24, 2.45) is 0 Å². The van der Waals surface area contributed by atoms with Gasteiger partial charge in [0.15, 0.2) is 0 Å². The highest BCUT2D eigenvalue weighted by atomic mass is 35.5. The second-order valence-electron chi connectivity index (χ2n) is 7.09. The Morgan fingerprint density at radius 2 is 1.73 bits per heavy atom. The van der Waals surface area contributed by atoms with Crippen LogP contribution in [0.4, 0.5) is 10.1 Å². The molecule has 30 heavy (non-hydrogen) atoms. The number of piperazine rings is 1. The zero-order valence-electron chi connectivity index (χ0n) is 16.2. The van der Waals surface area contributed by atoms with Gasteiger partial charge in [-0.05, 0) is 36.4 Å². The average Bonchev–Trinajstić information content (AvgIpc) is 3.20. The van der Waals surface area contributed by atoms with Gasteiger partial charge in [0.1, 0.15) is 5.82 Å². The molecule has 0 bridgehead atoms. The monoisotopic (exact) mass is 429 g/mol. The minimum absolute atomic E-state index is 0.114. The first-order valence-corrected chi connectivity index (χ1v) is 10.0. The quantitative estimate of drug-likeness (QED) is 0.648. The van der Waals surface area contributed by atoms with Gasteiger partial charge < -0.3 is 9.73 Å². The van der Waals surface area contributed by atoms with Crippen LogP contribution in [0.25, 0.3) is 11.5 Å². The number of amides is 1. The van der Waals surface area contributed by atoms with Crippen LogP contribution in [0.5, 0.6) is 0 Å². The molecule has 156 valence electrons. The number of nitrogens with one attached hydrogen (secondary N) is 1. The first-order valence-electron chi connectivity index (χ1n) is 9.64. The van der Waals surface area contributed by atoms with Crippen molar-refractivity contribution in [3.8, 4) is 11.5 Å². The van der Waals surface area contributed by atoms with Crippen LogP contribution in [0.1, 0.15) is 5.89 Å². The lowest BCUT2D eigenvalue weighted by atomic mass is 10.2. The zero-order valence-corrected chi connectivity index (χ0v) is 17.0. The molecule has 1 aliphatic heterocycles. The van der Waals surface area contributed by atoms with E-state index in [1.165, 1.54) is 12.1 Å². The van der Waals surface area contributed by atoms with Gasteiger partial charge in [0.05, 0.1) is 23.7 Å². The lowest BCUT2D eigenvalue weighted by Gasteiger charge is -2.33. The maximum absolute atomic E-state index is 12.9. The van der Waals surface area contributed by atoms with Crippen molar-refractivity contribution in [3.63, 3.8) is 0 Å². The largest absolute Gasteiger partial charge is 0.419 e. The minimum Gasteiger partial charge on any atom is -0.419 e. The van der Waals surface area contributed by atoms with Crippen molar-refractivity contribution < 1.29 is 13.6 Å². The van der Waals surface area contributed by atoms with E-state index in [0.717, 1.165) is 31.7 Å². The van der Waals surface area contributed by atoms with Crippen LogP contribution in [0.2, 0.25) is 5.02 Å². The van der Waals surface area contributed by atoms with Crippen LogP contribution in [0.3, 0.4) is 0 Å². The van der Waals surface area contributed by atoms with Gasteiger partial charge in [0, 0.05) is 31.9 Å². The van der Waals surface area contributed by atoms with Crippen molar-refractivity contribution >= 4 is 23.2 Å². The molecule has 0 radical (unpaired) electrons. The van der Waals surface area contributed by atoms with Gasteiger partial charge in [-0.2, -0.15) is 0 Å². The predicted molar refractivity (Wildman–Crippen MR) is 111 cm³/mol. The summed E-state index contributed by atoms with van der Waals surface area (Å²) in [6.45, 7) is 3.92. The minimum atomic E-state index is -0.329. The Hall–Kier alpha value is -2.81. The summed E-state index contributed by atoms with van der Waals surface area (Å²) in [5.41, 5.74) is 1.31. The van der Waals surface area contributed by atoms with Crippen LogP contribution >= 0.6 is 11.6 Å². The third-order valence-electron chi connectivity index (χ3n) is 4.89. The normalized spacial score (nSPS) is 15.3. The molecule has 1 amide bonds. The first kappa shape index (κ1) is 20.5. The molecule has 3 aromatic rings. The van der Waals surface area contributed by atoms with E-state index < -0.39 is 0 Å². The van der Waals surface area contributed by atoms with E-state index in [1.807, 2.05) is 18.2 Å². The number of hydrogen-bond acceptors (Lipinski definition) is 6. The third kappa shape index (κ3) is 5.21. The van der Waals surface area contributed by atoms with Crippen molar-refractivity contribution in [2.45, 2.75) is 6.54 Å². The summed E-state index contributed by atoms with van der Waals surface area (Å²) in [7, 11) is 0. The van der Waals surface area contributed by atoms with Gasteiger partial charge in [-0.1, -0.05) is 23.7 Å². The fraction of sp³-hybridized carbons (Fsp3) is 0.286. The van der Waals surface area contributed by atoms with E-state index in [2.05, 4.69) is 25.3 Å². The van der Waals surface area contributed by atoms with Crippen LogP contribution in [0.15, 0.2) is 52.9 Å². The molecule has 9 heteroatoms. The molecule has 2 heterocycles. The lowest BCUT2D eigenvalue weighted by Crippen LogP contribution is -2.48. The molecule has 1 saturated heterocycles. The molecule has 1 aliphatic rings. The summed E-state index contributed by atoms with van der Waals surface area (Å²) < 4.78 is 18.7. The Kier molecular flexibility index (Phi) is 6.37. The van der Waals surface area contributed by atoms with Gasteiger partial charge in [0.2, 0.25) is 17.7 Å². The smallest absolute Gasteiger partial charge is 0.249 e. The number of anilines is 1. The second-order valence-corrected chi connectivity index (χ2v) is 7.50. The molecule has 1 N–H and O–H groups in total. The molecule has 0 saturated carbocycles. The van der Waals surface area contributed by atoms with Gasteiger partial charge in [-0.3, -0.25) is 14.6 Å². The summed E-state index contributed by atoms with van der Waals surface area (Å²) in [5, 5.41) is 11.6. The van der Waals surface area contributed by atoms with Crippen LogP contribution in [0, 0.1) is 5.82 Å². The molecule has 1 aromatic heterocycles. The summed E-state index contributed by atoms with van der Waals surface area (Å²) >= 11 is 6.18. The number of hydrogen-bond donors (Lipinski definition) is 1. The molecule has 2 aromatic carbocycles. The molecule has 0 atom stereocenters. The highest BCUT2D eigenvalue weighted by Crippen LogP contribution is 2.26. The highest BCUT2D eigenvalue weighted by molar-refractivity contribution is 6.33. The molecule has 0 aliphatic carbocycles. The number of benzene rings is 2. The topological polar surface area (TPSA) is 74.5 Å². The fourth-order valence-electron chi connectivity index (χ4n) is 3.29. The van der Waals surface area contributed by atoms with Crippen LogP contribution in [-0.2, 0) is 11.3 Å². The Morgan fingerprint density at radius 3 is 2.47 bits per heavy atom. The maximum Gasteiger partial charge on any atom is 0.249 e. The van der Waals surface area contributed by atoms with Crippen LogP contribution in [-0.4, -0.2) is 58.6 Å². The highest BCUT2D eigenvalue weighted by Gasteiger charge is 2.21. The van der Waals surface area contributed by atoms with E-state index in [1.54, 1.807) is 18.2 Å². The molecule has 0 spiro atoms. The van der Waals surface area contributed by atoms with Gasteiger partial charge >= 0.3 is 0 Å². The molecular formula is C21H21ClFN5O2. The average molecular weight is 430 g/mol. The van der Waals surface area contributed by atoms with Crippen molar-refractivity contribution in [1.82, 2.24) is 20.0 Å². The summed E-state index contributed by atoms with van der Waals surface area (Å²) in [6, 6.07) is 13.1. The van der Waals surface area contributed by atoms with Crippen molar-refractivity contribution in [3.05, 3.63) is 65.3 Å². The SMILES string of the molecule is O=C(CN1CCN(Cc2nnc(-c3ccccc3Cl)o2)CC1)Nc1ccc(F)cc1. The maximum atomic E-state index is 12.9. The van der Waals surface area contributed by atoms with Crippen LogP contribution < -0.4 is 5.32 Å². The Bertz CT molecular complexity index is 1000. The Balaban J connectivity index is 1.24. The number of carbonyl (C=O) groups is 1. The molecular weight excluding hydrogens is 409 g/mol. The fourth-order valence-corrected chi connectivity index (χ4v) is 3.51. The van der Waals surface area contributed by atoms with E-state index >= 15 is 0 Å². The van der Waals surface area contributed by atoms with Crippen molar-refractivity contribution in [2.75, 3.05) is 38.0 Å². The van der Waals surface area contributed by atoms with E-state index in [0.29, 0.717) is 35.6 Å². The Labute approximate surface area is 178 Å². The summed E-state index contributed by atoms with van der Waals surface area (Å²) in [5.74, 6) is 0.500. The number of rotatable bonds is 6. The van der Waals surface area contributed by atoms with Gasteiger partial charge in [-0.15, -0.1) is 10.2 Å². The molecule has 7 nitrogen and oxygen atoms in total. The molecule has 4 rings (SSSR count). The number of aromatic nitrogens is 2. The zero-order chi connectivity index (χ0) is 20.9. The predicted octanol–water partition coefficient (Wildman–Crippen LogP) is 3.29. The third-order valence-corrected chi connectivity index (χ3v) is 5.22. The Morgan fingerprint density at radius 1 is 1.03 bits per heavy atom. The summed E-state index contributed by atoms with van der Waals surface area (Å²) in [6.07, 6.45) is 0. The number of halogens is 2. The van der Waals surface area contributed by atoms with Gasteiger partial charge in [-0.25, -0.2) is 4.39 Å².